The van der Waals surface area contributed by atoms with Gasteiger partial charge in [-0.25, -0.2) is 4.98 Å². The van der Waals surface area contributed by atoms with Gasteiger partial charge in [0.05, 0.1) is 27.9 Å². The maximum atomic E-state index is 12.4. The number of oxazole rings is 1. The maximum Gasteiger partial charge on any atom is 0.275 e. The van der Waals surface area contributed by atoms with E-state index in [1.54, 1.807) is 33.3 Å². The monoisotopic (exact) mass is 446 g/mol. The van der Waals surface area contributed by atoms with Gasteiger partial charge < -0.3 is 23.5 Å². The molecule has 1 aliphatic heterocycles. The molecule has 1 aromatic carbocycles. The largest absolute Gasteiger partial charge is 0.493 e. The van der Waals surface area contributed by atoms with E-state index in [-0.39, 0.29) is 5.91 Å². The Balaban J connectivity index is 1.55. The van der Waals surface area contributed by atoms with Crippen LogP contribution in [0.4, 0.5) is 0 Å². The summed E-state index contributed by atoms with van der Waals surface area (Å²) in [6.45, 7) is 7.68. The SMILES string of the molecule is CCCN(C)C(=O)c1coc(CN2CCN(Cc3ccc(OC)c(OC)c3OC)CC2)n1. The van der Waals surface area contributed by atoms with E-state index in [0.29, 0.717) is 41.9 Å². The van der Waals surface area contributed by atoms with Crippen LogP contribution < -0.4 is 14.2 Å². The van der Waals surface area contributed by atoms with Gasteiger partial charge in [-0.1, -0.05) is 13.0 Å². The number of piperazine rings is 1. The quantitative estimate of drug-likeness (QED) is 0.551. The van der Waals surface area contributed by atoms with Crippen molar-refractivity contribution in [2.45, 2.75) is 26.4 Å². The second-order valence-corrected chi connectivity index (χ2v) is 7.90. The molecule has 2 heterocycles. The van der Waals surface area contributed by atoms with E-state index in [2.05, 4.69) is 14.8 Å². The summed E-state index contributed by atoms with van der Waals surface area (Å²) in [5, 5.41) is 0. The highest BCUT2D eigenvalue weighted by Crippen LogP contribution is 2.40. The van der Waals surface area contributed by atoms with Crippen molar-refractivity contribution >= 4 is 5.91 Å². The number of rotatable bonds is 10. The number of aromatic nitrogens is 1. The molecule has 0 bridgehead atoms. The van der Waals surface area contributed by atoms with Crippen LogP contribution in [0.2, 0.25) is 0 Å². The van der Waals surface area contributed by atoms with Gasteiger partial charge in [0, 0.05) is 51.9 Å². The average Bonchev–Trinajstić information content (AvgIpc) is 3.27. The van der Waals surface area contributed by atoms with Crippen molar-refractivity contribution < 1.29 is 23.4 Å². The van der Waals surface area contributed by atoms with Gasteiger partial charge in [0.25, 0.3) is 5.91 Å². The normalized spacial score (nSPS) is 14.9. The van der Waals surface area contributed by atoms with E-state index in [1.165, 1.54) is 6.26 Å². The second kappa shape index (κ2) is 11.2. The minimum Gasteiger partial charge on any atom is -0.493 e. The van der Waals surface area contributed by atoms with Crippen LogP contribution in [0.5, 0.6) is 17.2 Å². The zero-order valence-corrected chi connectivity index (χ0v) is 19.7. The molecular weight excluding hydrogens is 412 g/mol. The molecule has 32 heavy (non-hydrogen) atoms. The van der Waals surface area contributed by atoms with Crippen LogP contribution in [0, 0.1) is 0 Å². The first-order chi connectivity index (χ1) is 15.5. The van der Waals surface area contributed by atoms with Crippen molar-refractivity contribution in [1.29, 1.82) is 0 Å². The number of ether oxygens (including phenoxy) is 3. The third kappa shape index (κ3) is 5.52. The minimum absolute atomic E-state index is 0.101. The molecule has 2 aromatic rings. The van der Waals surface area contributed by atoms with E-state index >= 15 is 0 Å². The fraction of sp³-hybridized carbons (Fsp3) is 0.565. The molecule has 0 saturated carbocycles. The van der Waals surface area contributed by atoms with Gasteiger partial charge in [0.1, 0.15) is 6.26 Å². The number of nitrogens with zero attached hydrogens (tertiary/aromatic N) is 4. The number of benzene rings is 1. The van der Waals surface area contributed by atoms with Crippen LogP contribution in [0.15, 0.2) is 22.8 Å². The van der Waals surface area contributed by atoms with E-state index in [4.69, 9.17) is 18.6 Å². The van der Waals surface area contributed by atoms with Gasteiger partial charge in [-0.3, -0.25) is 14.6 Å². The fourth-order valence-electron chi connectivity index (χ4n) is 3.94. The van der Waals surface area contributed by atoms with Gasteiger partial charge >= 0.3 is 0 Å². The summed E-state index contributed by atoms with van der Waals surface area (Å²) < 4.78 is 22.0. The number of carbonyl (C=O) groups is 1. The Morgan fingerprint density at radius 3 is 2.28 bits per heavy atom. The minimum atomic E-state index is -0.101. The molecule has 176 valence electrons. The lowest BCUT2D eigenvalue weighted by Crippen LogP contribution is -2.45. The summed E-state index contributed by atoms with van der Waals surface area (Å²) in [5.41, 5.74) is 1.43. The van der Waals surface area contributed by atoms with E-state index in [1.807, 2.05) is 19.1 Å². The lowest BCUT2D eigenvalue weighted by molar-refractivity contribution is 0.0789. The van der Waals surface area contributed by atoms with Gasteiger partial charge in [0.2, 0.25) is 11.6 Å². The van der Waals surface area contributed by atoms with Crippen molar-refractivity contribution in [2.75, 3.05) is 61.1 Å². The molecule has 1 saturated heterocycles. The standard InChI is InChI=1S/C23H34N4O5/c1-6-9-25(2)23(28)18-16-32-20(24-18)15-27-12-10-26(11-13-27)14-17-7-8-19(29-3)22(31-5)21(17)30-4/h7-8,16H,6,9-15H2,1-5H3. The van der Waals surface area contributed by atoms with Crippen molar-refractivity contribution in [2.24, 2.45) is 0 Å². The highest BCUT2D eigenvalue weighted by molar-refractivity contribution is 5.91. The third-order valence-corrected chi connectivity index (χ3v) is 5.68. The van der Waals surface area contributed by atoms with Gasteiger partial charge in [-0.05, 0) is 12.5 Å². The molecule has 0 spiro atoms. The Bertz CT molecular complexity index is 893. The van der Waals surface area contributed by atoms with E-state index in [9.17, 15) is 4.79 Å². The first-order valence-corrected chi connectivity index (χ1v) is 10.9. The Morgan fingerprint density at radius 1 is 1.03 bits per heavy atom. The summed E-state index contributed by atoms with van der Waals surface area (Å²) in [6, 6.07) is 3.93. The maximum absolute atomic E-state index is 12.4. The molecule has 1 aromatic heterocycles. The van der Waals surface area contributed by atoms with Crippen LogP contribution in [-0.4, -0.2) is 86.7 Å². The zero-order valence-electron chi connectivity index (χ0n) is 19.7. The Morgan fingerprint density at radius 2 is 1.69 bits per heavy atom. The topological polar surface area (TPSA) is 80.5 Å². The molecule has 3 rings (SSSR count). The summed E-state index contributed by atoms with van der Waals surface area (Å²) in [4.78, 5) is 23.1. The fourth-order valence-corrected chi connectivity index (χ4v) is 3.94. The van der Waals surface area contributed by atoms with Crippen molar-refractivity contribution in [3.63, 3.8) is 0 Å². The summed E-state index contributed by atoms with van der Waals surface area (Å²) >= 11 is 0. The molecule has 0 aliphatic carbocycles. The molecule has 9 heteroatoms. The van der Waals surface area contributed by atoms with Crippen LogP contribution in [0.25, 0.3) is 0 Å². The smallest absolute Gasteiger partial charge is 0.275 e. The first-order valence-electron chi connectivity index (χ1n) is 10.9. The van der Waals surface area contributed by atoms with Gasteiger partial charge in [-0.2, -0.15) is 0 Å². The molecule has 1 amide bonds. The third-order valence-electron chi connectivity index (χ3n) is 5.68. The Hall–Kier alpha value is -2.78. The number of methoxy groups -OCH3 is 3. The Labute approximate surface area is 189 Å². The van der Waals surface area contributed by atoms with Crippen LogP contribution >= 0.6 is 0 Å². The lowest BCUT2D eigenvalue weighted by Gasteiger charge is -2.34. The molecule has 1 fully saturated rings. The molecule has 0 N–H and O–H groups in total. The first kappa shape index (κ1) is 23.9. The number of amides is 1. The second-order valence-electron chi connectivity index (χ2n) is 7.90. The van der Waals surface area contributed by atoms with Crippen LogP contribution in [0.1, 0.15) is 35.3 Å². The highest BCUT2D eigenvalue weighted by atomic mass is 16.5. The van der Waals surface area contributed by atoms with Gasteiger partial charge in [0.15, 0.2) is 17.2 Å². The molecule has 0 unspecified atom stereocenters. The average molecular weight is 447 g/mol. The zero-order chi connectivity index (χ0) is 23.1. The van der Waals surface area contributed by atoms with E-state index in [0.717, 1.165) is 44.7 Å². The van der Waals surface area contributed by atoms with E-state index < -0.39 is 0 Å². The predicted molar refractivity (Wildman–Crippen MR) is 120 cm³/mol. The number of hydrogen-bond acceptors (Lipinski definition) is 8. The number of carbonyl (C=O) groups excluding carboxylic acids is 1. The molecule has 0 radical (unpaired) electrons. The summed E-state index contributed by atoms with van der Waals surface area (Å²) in [5.74, 6) is 2.45. The van der Waals surface area contributed by atoms with Crippen LogP contribution in [-0.2, 0) is 13.1 Å². The highest BCUT2D eigenvalue weighted by Gasteiger charge is 2.23. The van der Waals surface area contributed by atoms with Crippen molar-refractivity contribution in [3.8, 4) is 17.2 Å². The predicted octanol–water partition coefficient (Wildman–Crippen LogP) is 2.50. The lowest BCUT2D eigenvalue weighted by atomic mass is 10.1. The summed E-state index contributed by atoms with van der Waals surface area (Å²) in [6.07, 6.45) is 2.37. The van der Waals surface area contributed by atoms with Gasteiger partial charge in [-0.15, -0.1) is 0 Å². The molecule has 0 atom stereocenters. The molecular formula is C23H34N4O5. The van der Waals surface area contributed by atoms with Crippen LogP contribution in [0.3, 0.4) is 0 Å². The number of hydrogen-bond donors (Lipinski definition) is 0. The van der Waals surface area contributed by atoms with Crippen molar-refractivity contribution in [1.82, 2.24) is 19.7 Å². The molecule has 1 aliphatic rings. The summed E-state index contributed by atoms with van der Waals surface area (Å²) in [7, 11) is 6.67. The Kier molecular flexibility index (Phi) is 8.35. The molecule has 9 nitrogen and oxygen atoms in total. The van der Waals surface area contributed by atoms with Crippen molar-refractivity contribution in [3.05, 3.63) is 35.5 Å².